The van der Waals surface area contributed by atoms with Crippen molar-refractivity contribution in [1.29, 1.82) is 0 Å². The van der Waals surface area contributed by atoms with E-state index in [4.69, 9.17) is 0 Å². The molecule has 0 saturated heterocycles. The number of rotatable bonds is 13. The standard InChI is InChI=1S/C19H39N/c1-6-9-11-15-20-16-19(12-10-7-2)14-13-18(5)17(4)8-3/h7,10,17-20H,6,8-9,11-16H2,1-5H3. The lowest BCUT2D eigenvalue weighted by Gasteiger charge is -2.22. The number of hydrogen-bond donors (Lipinski definition) is 1. The molecule has 0 aliphatic heterocycles. The van der Waals surface area contributed by atoms with E-state index in [0.717, 1.165) is 17.8 Å². The molecule has 0 amide bonds. The molecule has 0 aliphatic rings. The number of hydrogen-bond acceptors (Lipinski definition) is 1. The quantitative estimate of drug-likeness (QED) is 0.332. The van der Waals surface area contributed by atoms with Crippen molar-refractivity contribution in [1.82, 2.24) is 5.32 Å². The Kier molecular flexibility index (Phi) is 13.5. The third kappa shape index (κ3) is 10.5. The van der Waals surface area contributed by atoms with Crippen molar-refractivity contribution in [2.75, 3.05) is 13.1 Å². The molecule has 0 rings (SSSR count). The van der Waals surface area contributed by atoms with Crippen LogP contribution in [0.3, 0.4) is 0 Å². The van der Waals surface area contributed by atoms with E-state index in [9.17, 15) is 0 Å². The molecular weight excluding hydrogens is 242 g/mol. The zero-order valence-electron chi connectivity index (χ0n) is 14.8. The fourth-order valence-electron chi connectivity index (χ4n) is 2.62. The highest BCUT2D eigenvalue weighted by Gasteiger charge is 2.13. The van der Waals surface area contributed by atoms with Crippen LogP contribution in [0.1, 0.15) is 79.6 Å². The van der Waals surface area contributed by atoms with Gasteiger partial charge in [-0.05, 0) is 57.0 Å². The van der Waals surface area contributed by atoms with Gasteiger partial charge in [0.15, 0.2) is 0 Å². The summed E-state index contributed by atoms with van der Waals surface area (Å²) >= 11 is 0. The normalized spacial score (nSPS) is 16.4. The van der Waals surface area contributed by atoms with Crippen molar-refractivity contribution < 1.29 is 0 Å². The molecular formula is C19H39N. The molecule has 1 N–H and O–H groups in total. The van der Waals surface area contributed by atoms with E-state index >= 15 is 0 Å². The van der Waals surface area contributed by atoms with Gasteiger partial charge in [-0.3, -0.25) is 0 Å². The van der Waals surface area contributed by atoms with Crippen LogP contribution in [0.5, 0.6) is 0 Å². The van der Waals surface area contributed by atoms with Gasteiger partial charge in [-0.2, -0.15) is 0 Å². The van der Waals surface area contributed by atoms with Crippen molar-refractivity contribution in [2.24, 2.45) is 17.8 Å². The second-order valence-corrected chi connectivity index (χ2v) is 6.52. The zero-order chi connectivity index (χ0) is 15.2. The van der Waals surface area contributed by atoms with Crippen LogP contribution in [-0.2, 0) is 0 Å². The smallest absolute Gasteiger partial charge is 0.00176 e. The summed E-state index contributed by atoms with van der Waals surface area (Å²) in [6.07, 6.45) is 13.9. The maximum atomic E-state index is 3.66. The van der Waals surface area contributed by atoms with Crippen LogP contribution >= 0.6 is 0 Å². The Labute approximate surface area is 128 Å². The molecule has 0 heterocycles. The van der Waals surface area contributed by atoms with Crippen LogP contribution < -0.4 is 5.32 Å². The minimum absolute atomic E-state index is 0.819. The van der Waals surface area contributed by atoms with Crippen molar-refractivity contribution >= 4 is 0 Å². The first-order valence-corrected chi connectivity index (χ1v) is 8.97. The fourth-order valence-corrected chi connectivity index (χ4v) is 2.62. The highest BCUT2D eigenvalue weighted by molar-refractivity contribution is 4.81. The average Bonchev–Trinajstić information content (AvgIpc) is 2.47. The van der Waals surface area contributed by atoms with Gasteiger partial charge >= 0.3 is 0 Å². The maximum Gasteiger partial charge on any atom is -0.00176 e. The fraction of sp³-hybridized carbons (Fsp3) is 0.895. The summed E-state index contributed by atoms with van der Waals surface area (Å²) < 4.78 is 0. The third-order valence-electron chi connectivity index (χ3n) is 4.74. The maximum absolute atomic E-state index is 3.66. The minimum atomic E-state index is 0.819. The van der Waals surface area contributed by atoms with Crippen molar-refractivity contribution in [3.8, 4) is 0 Å². The van der Waals surface area contributed by atoms with Crippen LogP contribution in [0.25, 0.3) is 0 Å². The molecule has 20 heavy (non-hydrogen) atoms. The van der Waals surface area contributed by atoms with Gasteiger partial charge in [0.25, 0.3) is 0 Å². The molecule has 0 bridgehead atoms. The first-order chi connectivity index (χ1) is 9.65. The Morgan fingerprint density at radius 3 is 2.35 bits per heavy atom. The Bertz CT molecular complexity index is 222. The van der Waals surface area contributed by atoms with Gasteiger partial charge < -0.3 is 5.32 Å². The molecule has 0 spiro atoms. The molecule has 0 aromatic heterocycles. The molecule has 1 nitrogen and oxygen atoms in total. The predicted molar refractivity (Wildman–Crippen MR) is 93.2 cm³/mol. The SMILES string of the molecule is CC=CCC(CCC(C)C(C)CC)CNCCCCC. The van der Waals surface area contributed by atoms with E-state index in [2.05, 4.69) is 52.1 Å². The van der Waals surface area contributed by atoms with Crippen LogP contribution in [0.4, 0.5) is 0 Å². The molecule has 0 radical (unpaired) electrons. The zero-order valence-corrected chi connectivity index (χ0v) is 14.8. The molecule has 1 heteroatoms. The summed E-state index contributed by atoms with van der Waals surface area (Å²) in [5, 5.41) is 3.66. The first-order valence-electron chi connectivity index (χ1n) is 8.97. The summed E-state index contributed by atoms with van der Waals surface area (Å²) in [5.74, 6) is 2.56. The molecule has 0 aromatic carbocycles. The van der Waals surface area contributed by atoms with E-state index < -0.39 is 0 Å². The summed E-state index contributed by atoms with van der Waals surface area (Å²) in [5.41, 5.74) is 0. The first kappa shape index (κ1) is 19.7. The Morgan fingerprint density at radius 2 is 1.75 bits per heavy atom. The number of unbranched alkanes of at least 4 members (excludes halogenated alkanes) is 2. The van der Waals surface area contributed by atoms with Crippen molar-refractivity contribution in [3.05, 3.63) is 12.2 Å². The van der Waals surface area contributed by atoms with Gasteiger partial charge in [0, 0.05) is 0 Å². The second kappa shape index (κ2) is 13.7. The molecule has 0 aromatic rings. The summed E-state index contributed by atoms with van der Waals surface area (Å²) in [4.78, 5) is 0. The molecule has 120 valence electrons. The van der Waals surface area contributed by atoms with Gasteiger partial charge in [-0.1, -0.05) is 65.5 Å². The van der Waals surface area contributed by atoms with Crippen molar-refractivity contribution in [2.45, 2.75) is 79.6 Å². The van der Waals surface area contributed by atoms with Crippen LogP contribution in [0.2, 0.25) is 0 Å². The average molecular weight is 282 g/mol. The molecule has 0 saturated carbocycles. The molecule has 3 atom stereocenters. The highest BCUT2D eigenvalue weighted by atomic mass is 14.8. The van der Waals surface area contributed by atoms with Gasteiger partial charge in [0.1, 0.15) is 0 Å². The highest BCUT2D eigenvalue weighted by Crippen LogP contribution is 2.23. The second-order valence-electron chi connectivity index (χ2n) is 6.52. The largest absolute Gasteiger partial charge is 0.316 e. The van der Waals surface area contributed by atoms with Gasteiger partial charge in [-0.25, -0.2) is 0 Å². The predicted octanol–water partition coefficient (Wildman–Crippen LogP) is 5.81. The monoisotopic (exact) mass is 281 g/mol. The lowest BCUT2D eigenvalue weighted by Crippen LogP contribution is -2.24. The Hall–Kier alpha value is -0.300. The van der Waals surface area contributed by atoms with Crippen LogP contribution in [0.15, 0.2) is 12.2 Å². The van der Waals surface area contributed by atoms with Gasteiger partial charge in [0.2, 0.25) is 0 Å². The molecule has 3 unspecified atom stereocenters. The lowest BCUT2D eigenvalue weighted by molar-refractivity contribution is 0.313. The molecule has 0 fully saturated rings. The summed E-state index contributed by atoms with van der Waals surface area (Å²) in [6.45, 7) is 13.9. The number of nitrogens with one attached hydrogen (secondary N) is 1. The van der Waals surface area contributed by atoms with Crippen molar-refractivity contribution in [3.63, 3.8) is 0 Å². The third-order valence-corrected chi connectivity index (χ3v) is 4.74. The van der Waals surface area contributed by atoms with Gasteiger partial charge in [-0.15, -0.1) is 0 Å². The number of allylic oxidation sites excluding steroid dienone is 2. The molecule has 0 aliphatic carbocycles. The van der Waals surface area contributed by atoms with E-state index in [1.165, 1.54) is 58.0 Å². The summed E-state index contributed by atoms with van der Waals surface area (Å²) in [6, 6.07) is 0. The van der Waals surface area contributed by atoms with E-state index in [-0.39, 0.29) is 0 Å². The van der Waals surface area contributed by atoms with Crippen LogP contribution in [-0.4, -0.2) is 13.1 Å². The van der Waals surface area contributed by atoms with E-state index in [0.29, 0.717) is 0 Å². The van der Waals surface area contributed by atoms with E-state index in [1.54, 1.807) is 0 Å². The summed E-state index contributed by atoms with van der Waals surface area (Å²) in [7, 11) is 0. The lowest BCUT2D eigenvalue weighted by atomic mass is 9.86. The van der Waals surface area contributed by atoms with Crippen LogP contribution in [0, 0.1) is 17.8 Å². The Balaban J connectivity index is 3.95. The van der Waals surface area contributed by atoms with E-state index in [1.807, 2.05) is 0 Å². The topological polar surface area (TPSA) is 12.0 Å². The van der Waals surface area contributed by atoms with Gasteiger partial charge in [0.05, 0.1) is 0 Å². The minimum Gasteiger partial charge on any atom is -0.316 e. The Morgan fingerprint density at radius 1 is 1.00 bits per heavy atom.